The Morgan fingerprint density at radius 3 is 2.24 bits per heavy atom. The van der Waals surface area contributed by atoms with Gasteiger partial charge in [-0.15, -0.1) is 0 Å². The van der Waals surface area contributed by atoms with Gasteiger partial charge < -0.3 is 15.2 Å². The summed E-state index contributed by atoms with van der Waals surface area (Å²) < 4.78 is 103. The number of anilines is 1. The van der Waals surface area contributed by atoms with Crippen LogP contribution < -0.4 is 15.6 Å². The highest BCUT2D eigenvalue weighted by Crippen LogP contribution is 2.45. The van der Waals surface area contributed by atoms with Crippen molar-refractivity contribution in [3.05, 3.63) is 99.8 Å². The number of halogens is 5. The molecule has 1 heterocycles. The Hall–Kier alpha value is -3.97. The predicted octanol–water partition coefficient (Wildman–Crippen LogP) is 5.08. The molecule has 41 heavy (non-hydrogen) atoms. The Bertz CT molecular complexity index is 1770. The SMILES string of the molecule is COc1ccc([C@H](Nc2cccc3c2ccc(=O)n3-c2ccc(F)cc2)C(O)(CS(C)(=O)=O)C(F)(F)F)c(C)c1F. The van der Waals surface area contributed by atoms with Gasteiger partial charge in [-0.1, -0.05) is 12.1 Å². The summed E-state index contributed by atoms with van der Waals surface area (Å²) in [6.07, 6.45) is -4.96. The lowest BCUT2D eigenvalue weighted by Crippen LogP contribution is -2.57. The number of hydrogen-bond donors (Lipinski definition) is 2. The second kappa shape index (κ2) is 10.8. The van der Waals surface area contributed by atoms with Gasteiger partial charge in [-0.25, -0.2) is 17.2 Å². The third kappa shape index (κ3) is 5.77. The van der Waals surface area contributed by atoms with E-state index in [-0.39, 0.29) is 39.2 Å². The predicted molar refractivity (Wildman–Crippen MR) is 144 cm³/mol. The molecule has 0 saturated carbocycles. The molecule has 0 spiro atoms. The van der Waals surface area contributed by atoms with Gasteiger partial charge >= 0.3 is 6.18 Å². The van der Waals surface area contributed by atoms with Crippen LogP contribution in [0.2, 0.25) is 0 Å². The van der Waals surface area contributed by atoms with E-state index in [1.165, 1.54) is 55.0 Å². The molecule has 2 N–H and O–H groups in total. The average Bonchev–Trinajstić information content (AvgIpc) is 2.88. The van der Waals surface area contributed by atoms with Crippen molar-refractivity contribution in [2.24, 2.45) is 0 Å². The lowest BCUT2D eigenvalue weighted by atomic mass is 9.86. The first-order valence-corrected chi connectivity index (χ1v) is 14.1. The standard InChI is InChI=1S/C28H25F5N2O5S/c1-16-19(11-13-23(40-2)25(16)30)26(27(37,28(31,32)33)15-41(3,38)39)34-21-5-4-6-22-20(21)12-14-24(36)35(22)18-9-7-17(29)8-10-18/h4-14,26,34,37H,15H2,1-3H3/t26-,27?/m0/s1. The minimum atomic E-state index is -5.50. The Balaban J connectivity index is 1.99. The fourth-order valence-corrected chi connectivity index (χ4v) is 5.87. The summed E-state index contributed by atoms with van der Waals surface area (Å²) in [6, 6.07) is 11.7. The molecule has 0 bridgehead atoms. The van der Waals surface area contributed by atoms with Gasteiger partial charge in [0.15, 0.2) is 27.0 Å². The lowest BCUT2D eigenvalue weighted by Gasteiger charge is -2.39. The van der Waals surface area contributed by atoms with Crippen LogP contribution in [-0.2, 0) is 9.84 Å². The number of ether oxygens (including phenoxy) is 1. The Labute approximate surface area is 231 Å². The minimum absolute atomic E-state index is 0.0323. The quantitative estimate of drug-likeness (QED) is 0.276. The van der Waals surface area contributed by atoms with Crippen LogP contribution in [0.1, 0.15) is 17.2 Å². The number of pyridine rings is 1. The Kier molecular flexibility index (Phi) is 7.89. The second-order valence-corrected chi connectivity index (χ2v) is 11.7. The average molecular weight is 597 g/mol. The van der Waals surface area contributed by atoms with Crippen LogP contribution in [0.15, 0.2) is 71.5 Å². The third-order valence-corrected chi connectivity index (χ3v) is 7.66. The van der Waals surface area contributed by atoms with E-state index in [9.17, 15) is 35.9 Å². The number of alkyl halides is 3. The molecule has 2 atom stereocenters. The molecule has 218 valence electrons. The van der Waals surface area contributed by atoms with Crippen molar-refractivity contribution in [1.29, 1.82) is 0 Å². The van der Waals surface area contributed by atoms with Gasteiger partial charge in [-0.2, -0.15) is 13.2 Å². The highest BCUT2D eigenvalue weighted by Gasteiger charge is 2.61. The van der Waals surface area contributed by atoms with Crippen LogP contribution in [0.4, 0.5) is 27.6 Å². The topological polar surface area (TPSA) is 97.6 Å². The van der Waals surface area contributed by atoms with Gasteiger partial charge in [-0.05, 0) is 66.6 Å². The molecule has 4 aromatic rings. The van der Waals surface area contributed by atoms with E-state index in [1.807, 2.05) is 0 Å². The van der Waals surface area contributed by atoms with E-state index in [0.29, 0.717) is 6.26 Å². The van der Waals surface area contributed by atoms with Crippen molar-refractivity contribution < 1.29 is 40.2 Å². The van der Waals surface area contributed by atoms with Gasteiger partial charge in [0.2, 0.25) is 0 Å². The Morgan fingerprint density at radius 1 is 1.00 bits per heavy atom. The molecule has 7 nitrogen and oxygen atoms in total. The van der Waals surface area contributed by atoms with E-state index >= 15 is 4.39 Å². The molecule has 0 aliphatic heterocycles. The highest BCUT2D eigenvalue weighted by atomic mass is 32.2. The van der Waals surface area contributed by atoms with Crippen molar-refractivity contribution in [3.8, 4) is 11.4 Å². The Morgan fingerprint density at radius 2 is 1.66 bits per heavy atom. The first kappa shape index (κ1) is 30.0. The summed E-state index contributed by atoms with van der Waals surface area (Å²) in [6.45, 7) is 1.18. The van der Waals surface area contributed by atoms with Gasteiger partial charge in [-0.3, -0.25) is 9.36 Å². The van der Waals surface area contributed by atoms with Crippen LogP contribution >= 0.6 is 0 Å². The van der Waals surface area contributed by atoms with Crippen molar-refractivity contribution in [2.45, 2.75) is 24.7 Å². The first-order chi connectivity index (χ1) is 19.1. The number of nitrogens with one attached hydrogen (secondary N) is 1. The molecule has 4 rings (SSSR count). The van der Waals surface area contributed by atoms with Crippen LogP contribution in [0.3, 0.4) is 0 Å². The van der Waals surface area contributed by atoms with Gasteiger partial charge in [0, 0.05) is 29.1 Å². The van der Waals surface area contributed by atoms with Crippen molar-refractivity contribution >= 4 is 26.4 Å². The van der Waals surface area contributed by atoms with Crippen LogP contribution in [0.5, 0.6) is 5.75 Å². The molecule has 1 unspecified atom stereocenters. The van der Waals surface area contributed by atoms with E-state index in [4.69, 9.17) is 4.74 Å². The fourth-order valence-electron chi connectivity index (χ4n) is 4.74. The molecule has 0 amide bonds. The lowest BCUT2D eigenvalue weighted by molar-refractivity contribution is -0.257. The van der Waals surface area contributed by atoms with E-state index < -0.39 is 50.6 Å². The highest BCUT2D eigenvalue weighted by molar-refractivity contribution is 7.90. The van der Waals surface area contributed by atoms with Crippen molar-refractivity contribution in [1.82, 2.24) is 4.57 Å². The molecule has 0 radical (unpaired) electrons. The number of rotatable bonds is 8. The molecule has 0 aliphatic carbocycles. The summed E-state index contributed by atoms with van der Waals surface area (Å²) in [5.74, 6) is -3.55. The maximum absolute atomic E-state index is 15.1. The zero-order valence-corrected chi connectivity index (χ0v) is 22.8. The fraction of sp³-hybridized carbons (Fsp3) is 0.250. The van der Waals surface area contributed by atoms with Crippen molar-refractivity contribution in [3.63, 3.8) is 0 Å². The maximum Gasteiger partial charge on any atom is 0.420 e. The summed E-state index contributed by atoms with van der Waals surface area (Å²) in [5, 5.41) is 14.0. The number of aliphatic hydroxyl groups is 1. The number of fused-ring (bicyclic) bond motifs is 1. The largest absolute Gasteiger partial charge is 0.494 e. The second-order valence-electron chi connectivity index (χ2n) is 9.59. The van der Waals surface area contributed by atoms with Crippen LogP contribution in [-0.4, -0.2) is 49.0 Å². The van der Waals surface area contributed by atoms with Crippen LogP contribution in [0, 0.1) is 18.6 Å². The zero-order valence-electron chi connectivity index (χ0n) is 22.0. The molecule has 0 fully saturated rings. The monoisotopic (exact) mass is 596 g/mol. The number of aromatic nitrogens is 1. The van der Waals surface area contributed by atoms with Gasteiger partial charge in [0.1, 0.15) is 5.82 Å². The first-order valence-electron chi connectivity index (χ1n) is 12.0. The zero-order chi connectivity index (χ0) is 30.3. The molecular formula is C28H25F5N2O5S. The smallest absolute Gasteiger partial charge is 0.420 e. The summed E-state index contributed by atoms with van der Waals surface area (Å²) in [4.78, 5) is 12.8. The number of sulfone groups is 1. The van der Waals surface area contributed by atoms with Gasteiger partial charge in [0.25, 0.3) is 5.56 Å². The third-order valence-electron chi connectivity index (χ3n) is 6.70. The van der Waals surface area contributed by atoms with E-state index in [1.54, 1.807) is 0 Å². The maximum atomic E-state index is 15.1. The van der Waals surface area contributed by atoms with E-state index in [2.05, 4.69) is 5.32 Å². The molecule has 13 heteroatoms. The van der Waals surface area contributed by atoms with Crippen molar-refractivity contribution in [2.75, 3.05) is 24.4 Å². The molecule has 1 aromatic heterocycles. The number of hydrogen-bond acceptors (Lipinski definition) is 6. The minimum Gasteiger partial charge on any atom is -0.494 e. The number of methoxy groups -OCH3 is 1. The van der Waals surface area contributed by atoms with E-state index in [0.717, 1.165) is 30.3 Å². The molecule has 3 aromatic carbocycles. The summed E-state index contributed by atoms with van der Waals surface area (Å²) >= 11 is 0. The number of benzene rings is 3. The molecule has 0 saturated heterocycles. The summed E-state index contributed by atoms with van der Waals surface area (Å²) in [5.41, 5.74) is -4.70. The van der Waals surface area contributed by atoms with Crippen LogP contribution in [0.25, 0.3) is 16.6 Å². The number of nitrogens with zero attached hydrogens (tertiary/aromatic N) is 1. The molecular weight excluding hydrogens is 571 g/mol. The van der Waals surface area contributed by atoms with Gasteiger partial charge in [0.05, 0.1) is 24.4 Å². The molecule has 0 aliphatic rings. The normalized spacial score (nSPS) is 14.5. The summed E-state index contributed by atoms with van der Waals surface area (Å²) in [7, 11) is -3.28.